The molecule has 9 heavy (non-hydrogen) atoms. The summed E-state index contributed by atoms with van der Waals surface area (Å²) in [5, 5.41) is 1.25. The zero-order valence-corrected chi connectivity index (χ0v) is 5.66. The molecule has 0 aromatic carbocycles. The molecule has 1 fully saturated rings. The lowest BCUT2D eigenvalue weighted by Crippen LogP contribution is -2.38. The van der Waals surface area contributed by atoms with E-state index in [1.54, 1.807) is 11.9 Å². The Bertz CT molecular complexity index is 136. The van der Waals surface area contributed by atoms with Crippen LogP contribution in [0.1, 0.15) is 6.92 Å². The van der Waals surface area contributed by atoms with Crippen LogP contribution in [-0.4, -0.2) is 35.6 Å². The van der Waals surface area contributed by atoms with Crippen LogP contribution in [0.2, 0.25) is 0 Å². The van der Waals surface area contributed by atoms with Crippen molar-refractivity contribution in [2.24, 2.45) is 5.84 Å². The predicted octanol–water partition coefficient (Wildman–Crippen LogP) is -0.384. The molecule has 2 N–H and O–H groups in total. The van der Waals surface area contributed by atoms with Crippen molar-refractivity contribution in [2.75, 3.05) is 13.6 Å². The molecule has 0 radical (unpaired) electrons. The number of hydrazine groups is 1. The minimum absolute atomic E-state index is 0.0949. The lowest BCUT2D eigenvalue weighted by molar-refractivity contribution is 0.194. The van der Waals surface area contributed by atoms with Gasteiger partial charge < -0.3 is 4.90 Å². The van der Waals surface area contributed by atoms with Crippen LogP contribution >= 0.6 is 0 Å². The fourth-order valence-corrected chi connectivity index (χ4v) is 0.948. The number of nitrogens with two attached hydrogens (primary N) is 1. The maximum atomic E-state index is 10.8. The molecule has 1 aliphatic heterocycles. The van der Waals surface area contributed by atoms with Crippen molar-refractivity contribution < 1.29 is 4.79 Å². The number of hydrogen-bond donors (Lipinski definition) is 1. The number of nitrogens with zero attached hydrogens (tertiary/aromatic N) is 2. The van der Waals surface area contributed by atoms with Crippen LogP contribution in [0.3, 0.4) is 0 Å². The van der Waals surface area contributed by atoms with Crippen LogP contribution in [0, 0.1) is 0 Å². The minimum Gasteiger partial charge on any atom is -0.324 e. The fraction of sp³-hybridized carbons (Fsp3) is 0.800. The summed E-state index contributed by atoms with van der Waals surface area (Å²) in [7, 11) is 1.74. The van der Waals surface area contributed by atoms with E-state index < -0.39 is 0 Å². The number of hydrogen-bond acceptors (Lipinski definition) is 2. The second-order valence-corrected chi connectivity index (χ2v) is 2.42. The molecule has 4 heteroatoms. The molecule has 0 aromatic heterocycles. The molecule has 0 bridgehead atoms. The molecule has 1 aliphatic rings. The highest BCUT2D eigenvalue weighted by Gasteiger charge is 2.29. The molecule has 0 aliphatic carbocycles. The van der Waals surface area contributed by atoms with Crippen molar-refractivity contribution in [1.29, 1.82) is 0 Å². The summed E-state index contributed by atoms with van der Waals surface area (Å²) in [6.45, 7) is 2.65. The Labute approximate surface area is 54.2 Å². The average molecular weight is 129 g/mol. The highest BCUT2D eigenvalue weighted by atomic mass is 16.2. The van der Waals surface area contributed by atoms with E-state index in [4.69, 9.17) is 5.84 Å². The van der Waals surface area contributed by atoms with Crippen LogP contribution in [0.15, 0.2) is 0 Å². The number of likely N-dealkylation sites (N-methyl/N-ethyl adjacent to an activating group) is 1. The van der Waals surface area contributed by atoms with Gasteiger partial charge in [-0.2, -0.15) is 0 Å². The van der Waals surface area contributed by atoms with Crippen LogP contribution in [0.25, 0.3) is 0 Å². The molecule has 2 amide bonds. The maximum absolute atomic E-state index is 10.8. The lowest BCUT2D eigenvalue weighted by atomic mass is 10.4. The second kappa shape index (κ2) is 1.88. The number of carbonyl (C=O) groups excluding carboxylic acids is 1. The third-order valence-corrected chi connectivity index (χ3v) is 1.56. The summed E-state index contributed by atoms with van der Waals surface area (Å²) in [4.78, 5) is 12.4. The number of amides is 2. The number of urea groups is 1. The monoisotopic (exact) mass is 129 g/mol. The van der Waals surface area contributed by atoms with Crippen molar-refractivity contribution in [1.82, 2.24) is 9.91 Å². The van der Waals surface area contributed by atoms with Gasteiger partial charge in [-0.15, -0.1) is 0 Å². The summed E-state index contributed by atoms with van der Waals surface area (Å²) in [5.41, 5.74) is 0. The van der Waals surface area contributed by atoms with E-state index in [1.165, 1.54) is 5.01 Å². The number of carbonyl (C=O) groups is 1. The molecular weight excluding hydrogens is 118 g/mol. The van der Waals surface area contributed by atoms with Gasteiger partial charge in [0.2, 0.25) is 0 Å². The molecule has 0 spiro atoms. The van der Waals surface area contributed by atoms with E-state index in [1.807, 2.05) is 6.92 Å². The van der Waals surface area contributed by atoms with E-state index in [0.717, 1.165) is 6.54 Å². The van der Waals surface area contributed by atoms with Gasteiger partial charge in [0.05, 0.1) is 6.04 Å². The molecule has 52 valence electrons. The van der Waals surface area contributed by atoms with E-state index >= 15 is 0 Å². The third-order valence-electron chi connectivity index (χ3n) is 1.56. The zero-order chi connectivity index (χ0) is 7.02. The Kier molecular flexibility index (Phi) is 1.32. The van der Waals surface area contributed by atoms with Crippen LogP contribution in [-0.2, 0) is 0 Å². The van der Waals surface area contributed by atoms with Crippen LogP contribution in [0.4, 0.5) is 4.79 Å². The second-order valence-electron chi connectivity index (χ2n) is 2.42. The predicted molar refractivity (Wildman–Crippen MR) is 33.5 cm³/mol. The molecule has 1 saturated heterocycles. The van der Waals surface area contributed by atoms with Crippen molar-refractivity contribution >= 4 is 6.03 Å². The van der Waals surface area contributed by atoms with Crippen LogP contribution in [0.5, 0.6) is 0 Å². The first-order valence-corrected chi connectivity index (χ1v) is 2.92. The van der Waals surface area contributed by atoms with Crippen molar-refractivity contribution in [3.8, 4) is 0 Å². The van der Waals surface area contributed by atoms with Gasteiger partial charge in [-0.3, -0.25) is 5.01 Å². The molecule has 1 rings (SSSR count). The Morgan fingerprint density at radius 3 is 2.44 bits per heavy atom. The molecule has 0 aromatic rings. The van der Waals surface area contributed by atoms with E-state index in [9.17, 15) is 4.79 Å². The Morgan fingerprint density at radius 2 is 2.33 bits per heavy atom. The van der Waals surface area contributed by atoms with Gasteiger partial charge in [-0.1, -0.05) is 0 Å². The molecular formula is C5H11N3O. The van der Waals surface area contributed by atoms with Gasteiger partial charge in [0.15, 0.2) is 0 Å². The van der Waals surface area contributed by atoms with Gasteiger partial charge in [-0.25, -0.2) is 10.6 Å². The van der Waals surface area contributed by atoms with Gasteiger partial charge in [-0.05, 0) is 6.92 Å². The van der Waals surface area contributed by atoms with E-state index in [2.05, 4.69) is 0 Å². The van der Waals surface area contributed by atoms with Crippen LogP contribution < -0.4 is 5.84 Å². The van der Waals surface area contributed by atoms with Gasteiger partial charge in [0.25, 0.3) is 0 Å². The summed E-state index contributed by atoms with van der Waals surface area (Å²) >= 11 is 0. The van der Waals surface area contributed by atoms with Gasteiger partial charge >= 0.3 is 6.03 Å². The van der Waals surface area contributed by atoms with Gasteiger partial charge in [0, 0.05) is 13.6 Å². The minimum atomic E-state index is -0.0949. The summed E-state index contributed by atoms with van der Waals surface area (Å²) in [5.74, 6) is 5.35. The molecule has 4 nitrogen and oxygen atoms in total. The normalized spacial score (nSPS) is 27.9. The summed E-state index contributed by atoms with van der Waals surface area (Å²) < 4.78 is 0. The Hall–Kier alpha value is -0.770. The third kappa shape index (κ3) is 0.853. The lowest BCUT2D eigenvalue weighted by Gasteiger charge is -2.10. The highest BCUT2D eigenvalue weighted by molar-refractivity contribution is 5.75. The standard InChI is InChI=1S/C5H11N3O/c1-4-3-7(2)5(9)8(4)6/h4H,3,6H2,1-2H3/t4-/m1/s1. The Morgan fingerprint density at radius 1 is 1.78 bits per heavy atom. The largest absolute Gasteiger partial charge is 0.334 e. The first kappa shape index (κ1) is 6.35. The van der Waals surface area contributed by atoms with E-state index in [0.29, 0.717) is 0 Å². The zero-order valence-electron chi connectivity index (χ0n) is 5.66. The number of rotatable bonds is 0. The van der Waals surface area contributed by atoms with Crippen molar-refractivity contribution in [3.63, 3.8) is 0 Å². The fourth-order valence-electron chi connectivity index (χ4n) is 0.948. The topological polar surface area (TPSA) is 49.6 Å². The summed E-state index contributed by atoms with van der Waals surface area (Å²) in [6.07, 6.45) is 0. The summed E-state index contributed by atoms with van der Waals surface area (Å²) in [6, 6.07) is 0.0602. The van der Waals surface area contributed by atoms with Gasteiger partial charge in [0.1, 0.15) is 0 Å². The highest BCUT2D eigenvalue weighted by Crippen LogP contribution is 2.07. The Balaban J connectivity index is 2.65. The smallest absolute Gasteiger partial charge is 0.324 e. The SMILES string of the molecule is C[C@@H]1CN(C)C(=O)N1N. The average Bonchev–Trinajstić information content (AvgIpc) is 1.98. The quantitative estimate of drug-likeness (QED) is 0.358. The van der Waals surface area contributed by atoms with E-state index in [-0.39, 0.29) is 12.1 Å². The molecule has 0 unspecified atom stereocenters. The van der Waals surface area contributed by atoms with Crippen molar-refractivity contribution in [2.45, 2.75) is 13.0 Å². The van der Waals surface area contributed by atoms with Crippen molar-refractivity contribution in [3.05, 3.63) is 0 Å². The molecule has 1 heterocycles. The first-order chi connectivity index (χ1) is 4.13. The maximum Gasteiger partial charge on any atom is 0.334 e. The first-order valence-electron chi connectivity index (χ1n) is 2.92. The molecule has 1 atom stereocenters. The molecule has 0 saturated carbocycles.